The molecule has 1 aromatic carbocycles. The SMILES string of the molecule is COc1ccc(CN(C)CC(CN)CC(C)C)cc1. The number of rotatable bonds is 8. The highest BCUT2D eigenvalue weighted by molar-refractivity contribution is 5.27. The van der Waals surface area contributed by atoms with E-state index < -0.39 is 0 Å². The van der Waals surface area contributed by atoms with Gasteiger partial charge in [0.15, 0.2) is 0 Å². The van der Waals surface area contributed by atoms with Gasteiger partial charge in [-0.2, -0.15) is 0 Å². The van der Waals surface area contributed by atoms with E-state index >= 15 is 0 Å². The summed E-state index contributed by atoms with van der Waals surface area (Å²) >= 11 is 0. The number of hydrogen-bond donors (Lipinski definition) is 1. The lowest BCUT2D eigenvalue weighted by Crippen LogP contribution is -2.30. The first kappa shape index (κ1) is 16.0. The second-order valence-electron chi connectivity index (χ2n) is 5.78. The number of methoxy groups -OCH3 is 1. The highest BCUT2D eigenvalue weighted by Crippen LogP contribution is 2.15. The van der Waals surface area contributed by atoms with E-state index in [9.17, 15) is 0 Å². The van der Waals surface area contributed by atoms with Gasteiger partial charge in [-0.25, -0.2) is 0 Å². The predicted molar refractivity (Wildman–Crippen MR) is 81.3 cm³/mol. The maximum Gasteiger partial charge on any atom is 0.118 e. The molecule has 0 radical (unpaired) electrons. The number of hydrogen-bond acceptors (Lipinski definition) is 3. The van der Waals surface area contributed by atoms with Crippen LogP contribution in [0.5, 0.6) is 5.75 Å². The lowest BCUT2D eigenvalue weighted by molar-refractivity contribution is 0.250. The quantitative estimate of drug-likeness (QED) is 0.784. The average molecular weight is 264 g/mol. The summed E-state index contributed by atoms with van der Waals surface area (Å²) in [5.41, 5.74) is 7.17. The lowest BCUT2D eigenvalue weighted by Gasteiger charge is -2.24. The maximum absolute atomic E-state index is 5.86. The van der Waals surface area contributed by atoms with Crippen LogP contribution in [-0.2, 0) is 6.54 Å². The van der Waals surface area contributed by atoms with Crippen LogP contribution in [0.15, 0.2) is 24.3 Å². The minimum atomic E-state index is 0.586. The largest absolute Gasteiger partial charge is 0.497 e. The fourth-order valence-corrected chi connectivity index (χ4v) is 2.46. The Kier molecular flexibility index (Phi) is 6.89. The number of nitrogens with two attached hydrogens (primary N) is 1. The number of nitrogens with zero attached hydrogens (tertiary/aromatic N) is 1. The Labute approximate surface area is 117 Å². The smallest absolute Gasteiger partial charge is 0.118 e. The Balaban J connectivity index is 2.46. The molecule has 0 fully saturated rings. The molecular weight excluding hydrogens is 236 g/mol. The van der Waals surface area contributed by atoms with E-state index in [0.717, 1.165) is 25.4 Å². The van der Waals surface area contributed by atoms with Crippen LogP contribution in [0.25, 0.3) is 0 Å². The van der Waals surface area contributed by atoms with Crippen LogP contribution >= 0.6 is 0 Å². The van der Waals surface area contributed by atoms with Crippen molar-refractivity contribution in [3.8, 4) is 5.75 Å². The number of ether oxygens (including phenoxy) is 1. The van der Waals surface area contributed by atoms with Crippen molar-refractivity contribution < 1.29 is 4.74 Å². The maximum atomic E-state index is 5.86. The molecule has 1 unspecified atom stereocenters. The molecule has 0 aliphatic carbocycles. The van der Waals surface area contributed by atoms with E-state index in [2.05, 4.69) is 37.9 Å². The lowest BCUT2D eigenvalue weighted by atomic mass is 9.96. The summed E-state index contributed by atoms with van der Waals surface area (Å²) in [6.45, 7) is 7.29. The van der Waals surface area contributed by atoms with Crippen LogP contribution in [0.4, 0.5) is 0 Å². The fourth-order valence-electron chi connectivity index (χ4n) is 2.46. The molecule has 0 aromatic heterocycles. The zero-order chi connectivity index (χ0) is 14.3. The van der Waals surface area contributed by atoms with Crippen molar-refractivity contribution in [2.75, 3.05) is 27.2 Å². The molecule has 0 spiro atoms. The van der Waals surface area contributed by atoms with Gasteiger partial charge in [-0.15, -0.1) is 0 Å². The molecule has 0 aliphatic heterocycles. The Hall–Kier alpha value is -1.06. The van der Waals surface area contributed by atoms with Gasteiger partial charge in [0.05, 0.1) is 7.11 Å². The average Bonchev–Trinajstić information content (AvgIpc) is 2.38. The second kappa shape index (κ2) is 8.18. The minimum absolute atomic E-state index is 0.586. The number of benzene rings is 1. The van der Waals surface area contributed by atoms with E-state index in [1.165, 1.54) is 12.0 Å². The van der Waals surface area contributed by atoms with E-state index in [1.807, 2.05) is 12.1 Å². The van der Waals surface area contributed by atoms with Crippen molar-refractivity contribution in [2.45, 2.75) is 26.8 Å². The van der Waals surface area contributed by atoms with E-state index in [-0.39, 0.29) is 0 Å². The molecule has 1 atom stereocenters. The molecule has 19 heavy (non-hydrogen) atoms. The second-order valence-corrected chi connectivity index (χ2v) is 5.78. The van der Waals surface area contributed by atoms with Gasteiger partial charge in [0, 0.05) is 13.1 Å². The normalized spacial score (nSPS) is 13.0. The van der Waals surface area contributed by atoms with E-state index in [1.54, 1.807) is 7.11 Å². The third-order valence-electron chi connectivity index (χ3n) is 3.32. The molecular formula is C16H28N2O. The van der Waals surface area contributed by atoms with Crippen molar-refractivity contribution in [2.24, 2.45) is 17.6 Å². The molecule has 0 saturated heterocycles. The molecule has 108 valence electrons. The molecule has 1 rings (SSSR count). The van der Waals surface area contributed by atoms with Gasteiger partial charge in [-0.1, -0.05) is 26.0 Å². The highest BCUT2D eigenvalue weighted by atomic mass is 16.5. The van der Waals surface area contributed by atoms with Crippen LogP contribution in [0.1, 0.15) is 25.8 Å². The first-order valence-corrected chi connectivity index (χ1v) is 7.06. The first-order valence-electron chi connectivity index (χ1n) is 7.06. The van der Waals surface area contributed by atoms with Crippen LogP contribution in [0.3, 0.4) is 0 Å². The van der Waals surface area contributed by atoms with E-state index in [4.69, 9.17) is 10.5 Å². The van der Waals surface area contributed by atoms with Gasteiger partial charge in [0.25, 0.3) is 0 Å². The van der Waals surface area contributed by atoms with Gasteiger partial charge >= 0.3 is 0 Å². The van der Waals surface area contributed by atoms with Crippen molar-refractivity contribution in [1.29, 1.82) is 0 Å². The first-order chi connectivity index (χ1) is 9.05. The van der Waals surface area contributed by atoms with Crippen molar-refractivity contribution >= 4 is 0 Å². The summed E-state index contributed by atoms with van der Waals surface area (Å²) < 4.78 is 5.17. The zero-order valence-corrected chi connectivity index (χ0v) is 12.7. The van der Waals surface area contributed by atoms with Crippen LogP contribution in [-0.4, -0.2) is 32.1 Å². The fraction of sp³-hybridized carbons (Fsp3) is 0.625. The molecule has 0 bridgehead atoms. The topological polar surface area (TPSA) is 38.5 Å². The Bertz CT molecular complexity index is 348. The highest BCUT2D eigenvalue weighted by Gasteiger charge is 2.12. The molecule has 0 amide bonds. The zero-order valence-electron chi connectivity index (χ0n) is 12.7. The minimum Gasteiger partial charge on any atom is -0.497 e. The molecule has 0 heterocycles. The van der Waals surface area contributed by atoms with Gasteiger partial charge in [-0.05, 0) is 49.5 Å². The summed E-state index contributed by atoms with van der Waals surface area (Å²) in [7, 11) is 3.85. The van der Waals surface area contributed by atoms with Gasteiger partial charge in [0.2, 0.25) is 0 Å². The Morgan fingerprint density at radius 1 is 1.21 bits per heavy atom. The molecule has 0 aliphatic rings. The summed E-state index contributed by atoms with van der Waals surface area (Å²) in [5, 5.41) is 0. The van der Waals surface area contributed by atoms with Crippen LogP contribution in [0, 0.1) is 11.8 Å². The summed E-state index contributed by atoms with van der Waals surface area (Å²) in [5.74, 6) is 2.21. The third kappa shape index (κ3) is 6.08. The van der Waals surface area contributed by atoms with E-state index in [0.29, 0.717) is 11.8 Å². The van der Waals surface area contributed by atoms with Crippen LogP contribution in [0.2, 0.25) is 0 Å². The molecule has 0 saturated carbocycles. The summed E-state index contributed by atoms with van der Waals surface area (Å²) in [6.07, 6.45) is 1.20. The molecule has 3 nitrogen and oxygen atoms in total. The van der Waals surface area contributed by atoms with Crippen molar-refractivity contribution in [3.63, 3.8) is 0 Å². The summed E-state index contributed by atoms with van der Waals surface area (Å²) in [6, 6.07) is 8.26. The molecule has 3 heteroatoms. The van der Waals surface area contributed by atoms with Crippen molar-refractivity contribution in [3.05, 3.63) is 29.8 Å². The van der Waals surface area contributed by atoms with Gasteiger partial charge in [-0.3, -0.25) is 0 Å². The Morgan fingerprint density at radius 2 is 1.84 bits per heavy atom. The summed E-state index contributed by atoms with van der Waals surface area (Å²) in [4.78, 5) is 2.35. The standard InChI is InChI=1S/C16H28N2O/c1-13(2)9-15(10-17)12-18(3)11-14-5-7-16(19-4)8-6-14/h5-8,13,15H,9-12,17H2,1-4H3. The third-order valence-corrected chi connectivity index (χ3v) is 3.32. The molecule has 2 N–H and O–H groups in total. The Morgan fingerprint density at radius 3 is 2.32 bits per heavy atom. The van der Waals surface area contributed by atoms with Gasteiger partial charge < -0.3 is 15.4 Å². The monoisotopic (exact) mass is 264 g/mol. The predicted octanol–water partition coefficient (Wildman–Crippen LogP) is 2.75. The van der Waals surface area contributed by atoms with Crippen LogP contribution < -0.4 is 10.5 Å². The van der Waals surface area contributed by atoms with Gasteiger partial charge in [0.1, 0.15) is 5.75 Å². The van der Waals surface area contributed by atoms with Crippen molar-refractivity contribution in [1.82, 2.24) is 4.90 Å². The molecule has 1 aromatic rings.